The maximum absolute atomic E-state index is 6.58. The summed E-state index contributed by atoms with van der Waals surface area (Å²) in [5.74, 6) is 1.86. The SMILES string of the molecule is C1=Cc2cccc3cc4c(c(c23)C1)Oc1ccccc1N4c1cccc2ccccc12. The molecule has 1 aliphatic heterocycles. The quantitative estimate of drug-likeness (QED) is 0.278. The molecule has 2 aliphatic rings. The van der Waals surface area contributed by atoms with E-state index < -0.39 is 0 Å². The molecule has 5 aromatic rings. The van der Waals surface area contributed by atoms with Crippen LogP contribution in [0.3, 0.4) is 0 Å². The molecular weight excluding hydrogens is 378 g/mol. The lowest BCUT2D eigenvalue weighted by Crippen LogP contribution is -2.17. The van der Waals surface area contributed by atoms with Crippen LogP contribution in [0.5, 0.6) is 11.5 Å². The fourth-order valence-corrected chi connectivity index (χ4v) is 5.09. The molecule has 0 spiro atoms. The van der Waals surface area contributed by atoms with Crippen LogP contribution in [-0.4, -0.2) is 0 Å². The smallest absolute Gasteiger partial charge is 0.155 e. The summed E-state index contributed by atoms with van der Waals surface area (Å²) in [6.07, 6.45) is 5.34. The Morgan fingerprint density at radius 3 is 2.45 bits per heavy atom. The minimum atomic E-state index is 0.877. The van der Waals surface area contributed by atoms with E-state index in [-0.39, 0.29) is 0 Å². The highest BCUT2D eigenvalue weighted by atomic mass is 16.5. The minimum Gasteiger partial charge on any atom is -0.453 e. The van der Waals surface area contributed by atoms with Gasteiger partial charge in [0.25, 0.3) is 0 Å². The van der Waals surface area contributed by atoms with Crippen LogP contribution in [0, 0.1) is 0 Å². The first kappa shape index (κ1) is 16.7. The molecule has 0 fully saturated rings. The largest absolute Gasteiger partial charge is 0.453 e. The highest BCUT2D eigenvalue weighted by molar-refractivity contribution is 6.06. The average Bonchev–Trinajstić information content (AvgIpc) is 2.83. The molecule has 146 valence electrons. The van der Waals surface area contributed by atoms with Crippen LogP contribution in [0.4, 0.5) is 17.1 Å². The highest BCUT2D eigenvalue weighted by Gasteiger charge is 2.30. The van der Waals surface area contributed by atoms with Crippen LogP contribution < -0.4 is 9.64 Å². The third-order valence-electron chi connectivity index (χ3n) is 6.42. The molecule has 2 nitrogen and oxygen atoms in total. The normalized spacial score (nSPS) is 13.7. The molecule has 0 saturated heterocycles. The molecule has 2 heteroatoms. The van der Waals surface area contributed by atoms with Gasteiger partial charge in [0.2, 0.25) is 0 Å². The first-order chi connectivity index (χ1) is 15.4. The summed E-state index contributed by atoms with van der Waals surface area (Å²) >= 11 is 0. The van der Waals surface area contributed by atoms with E-state index in [1.165, 1.54) is 38.4 Å². The van der Waals surface area contributed by atoms with Gasteiger partial charge in [-0.2, -0.15) is 0 Å². The monoisotopic (exact) mass is 397 g/mol. The van der Waals surface area contributed by atoms with E-state index in [1.54, 1.807) is 0 Å². The fourth-order valence-electron chi connectivity index (χ4n) is 5.09. The zero-order chi connectivity index (χ0) is 20.4. The van der Waals surface area contributed by atoms with Crippen molar-refractivity contribution in [3.8, 4) is 11.5 Å². The Bertz CT molecular complexity index is 1540. The Labute approximate surface area is 180 Å². The number of allylic oxidation sites excluding steroid dienone is 1. The van der Waals surface area contributed by atoms with Gasteiger partial charge in [-0.25, -0.2) is 0 Å². The number of rotatable bonds is 1. The van der Waals surface area contributed by atoms with Crippen molar-refractivity contribution in [2.75, 3.05) is 4.90 Å². The van der Waals surface area contributed by atoms with Gasteiger partial charge in [-0.3, -0.25) is 0 Å². The van der Waals surface area contributed by atoms with Gasteiger partial charge in [0.1, 0.15) is 0 Å². The van der Waals surface area contributed by atoms with Crippen LogP contribution >= 0.6 is 0 Å². The Balaban J connectivity index is 1.60. The number of fused-ring (bicyclic) bond motifs is 4. The van der Waals surface area contributed by atoms with Crippen molar-refractivity contribution in [2.24, 2.45) is 0 Å². The van der Waals surface area contributed by atoms with Gasteiger partial charge in [0.15, 0.2) is 11.5 Å². The Hall–Kier alpha value is -4.04. The molecule has 0 bridgehead atoms. The van der Waals surface area contributed by atoms with Crippen molar-refractivity contribution in [1.29, 1.82) is 0 Å². The number of benzene rings is 5. The third kappa shape index (κ3) is 2.33. The molecule has 0 unspecified atom stereocenters. The second-order valence-electron chi connectivity index (χ2n) is 8.16. The van der Waals surface area contributed by atoms with E-state index in [9.17, 15) is 0 Å². The summed E-state index contributed by atoms with van der Waals surface area (Å²) < 4.78 is 6.58. The van der Waals surface area contributed by atoms with Gasteiger partial charge in [-0.15, -0.1) is 0 Å². The van der Waals surface area contributed by atoms with E-state index in [1.807, 2.05) is 6.07 Å². The molecule has 0 amide bonds. The van der Waals surface area contributed by atoms with Crippen molar-refractivity contribution in [1.82, 2.24) is 0 Å². The van der Waals surface area contributed by atoms with Gasteiger partial charge in [-0.05, 0) is 52.4 Å². The van der Waals surface area contributed by atoms with Crippen LogP contribution in [0.1, 0.15) is 11.1 Å². The van der Waals surface area contributed by atoms with Gasteiger partial charge < -0.3 is 9.64 Å². The third-order valence-corrected chi connectivity index (χ3v) is 6.42. The van der Waals surface area contributed by atoms with E-state index in [0.717, 1.165) is 29.3 Å². The summed E-state index contributed by atoms with van der Waals surface area (Å²) in [6, 6.07) is 32.3. The van der Waals surface area contributed by atoms with Crippen LogP contribution in [0.25, 0.3) is 27.6 Å². The predicted octanol–water partition coefficient (Wildman–Crippen LogP) is 8.14. The number of hydrogen-bond donors (Lipinski definition) is 0. The first-order valence-electron chi connectivity index (χ1n) is 10.7. The maximum atomic E-state index is 6.58. The molecule has 0 N–H and O–H groups in total. The van der Waals surface area contributed by atoms with Crippen LogP contribution in [0.15, 0.2) is 97.1 Å². The molecule has 5 aromatic carbocycles. The van der Waals surface area contributed by atoms with Gasteiger partial charge in [0, 0.05) is 10.9 Å². The molecule has 0 radical (unpaired) electrons. The van der Waals surface area contributed by atoms with Crippen molar-refractivity contribution >= 4 is 44.7 Å². The molecule has 7 rings (SSSR count). The Kier molecular flexibility index (Phi) is 3.36. The number of hydrogen-bond acceptors (Lipinski definition) is 2. The molecule has 0 saturated carbocycles. The second kappa shape index (κ2) is 6.23. The fraction of sp³-hybridized carbons (Fsp3) is 0.0345. The standard InChI is InChI=1S/C29H19NO/c1-2-13-22-19(8-1)9-7-16-24(22)30-25-15-3-4-17-27(25)31-29-23-14-6-11-20-10-5-12-21(28(20)23)18-26(29)30/h1-13,15-18H,14H2. The molecule has 1 aliphatic carbocycles. The van der Waals surface area contributed by atoms with Gasteiger partial charge in [-0.1, -0.05) is 78.9 Å². The van der Waals surface area contributed by atoms with E-state index in [2.05, 4.69) is 102 Å². The average molecular weight is 397 g/mol. The van der Waals surface area contributed by atoms with Gasteiger partial charge >= 0.3 is 0 Å². The molecule has 0 atom stereocenters. The summed E-state index contributed by atoms with van der Waals surface area (Å²) in [7, 11) is 0. The first-order valence-corrected chi connectivity index (χ1v) is 10.7. The molecule has 0 aromatic heterocycles. The van der Waals surface area contributed by atoms with E-state index in [0.29, 0.717) is 0 Å². The van der Waals surface area contributed by atoms with Crippen LogP contribution in [0.2, 0.25) is 0 Å². The second-order valence-corrected chi connectivity index (χ2v) is 8.16. The van der Waals surface area contributed by atoms with Crippen LogP contribution in [-0.2, 0) is 6.42 Å². The highest BCUT2D eigenvalue weighted by Crippen LogP contribution is 2.55. The Morgan fingerprint density at radius 1 is 0.677 bits per heavy atom. The lowest BCUT2D eigenvalue weighted by atomic mass is 9.90. The lowest BCUT2D eigenvalue weighted by molar-refractivity contribution is 0.473. The molecule has 1 heterocycles. The van der Waals surface area contributed by atoms with Crippen molar-refractivity contribution in [2.45, 2.75) is 6.42 Å². The summed E-state index contributed by atoms with van der Waals surface area (Å²) in [4.78, 5) is 2.37. The zero-order valence-electron chi connectivity index (χ0n) is 16.9. The lowest BCUT2D eigenvalue weighted by Gasteiger charge is -2.35. The number of ether oxygens (including phenoxy) is 1. The van der Waals surface area contributed by atoms with Crippen molar-refractivity contribution in [3.63, 3.8) is 0 Å². The van der Waals surface area contributed by atoms with E-state index >= 15 is 0 Å². The number of para-hydroxylation sites is 2. The minimum absolute atomic E-state index is 0.877. The zero-order valence-corrected chi connectivity index (χ0v) is 16.9. The van der Waals surface area contributed by atoms with Gasteiger partial charge in [0.05, 0.1) is 17.1 Å². The maximum Gasteiger partial charge on any atom is 0.155 e. The molecular formula is C29H19NO. The number of nitrogens with zero attached hydrogens (tertiary/aromatic N) is 1. The van der Waals surface area contributed by atoms with Crippen molar-refractivity contribution in [3.05, 3.63) is 108 Å². The molecule has 31 heavy (non-hydrogen) atoms. The van der Waals surface area contributed by atoms with E-state index in [4.69, 9.17) is 4.74 Å². The Morgan fingerprint density at radius 2 is 1.45 bits per heavy atom. The predicted molar refractivity (Wildman–Crippen MR) is 129 cm³/mol. The number of anilines is 3. The summed E-state index contributed by atoms with van der Waals surface area (Å²) in [5.41, 5.74) is 5.88. The topological polar surface area (TPSA) is 12.5 Å². The summed E-state index contributed by atoms with van der Waals surface area (Å²) in [6.45, 7) is 0. The summed E-state index contributed by atoms with van der Waals surface area (Å²) in [5, 5.41) is 5.03. The van der Waals surface area contributed by atoms with Crippen molar-refractivity contribution < 1.29 is 4.74 Å².